The van der Waals surface area contributed by atoms with Crippen molar-refractivity contribution in [3.05, 3.63) is 143 Å². The van der Waals surface area contributed by atoms with E-state index in [0.717, 1.165) is 65.8 Å². The van der Waals surface area contributed by atoms with Crippen molar-refractivity contribution in [3.63, 3.8) is 0 Å². The highest BCUT2D eigenvalue weighted by atomic mass is 19.2. The summed E-state index contributed by atoms with van der Waals surface area (Å²) in [6, 6.07) is 29.3. The highest BCUT2D eigenvalue weighted by Crippen LogP contribution is 2.37. The summed E-state index contributed by atoms with van der Waals surface area (Å²) in [4.78, 5) is 20.6. The van der Waals surface area contributed by atoms with Crippen molar-refractivity contribution < 1.29 is 13.6 Å². The first-order valence-electron chi connectivity index (χ1n) is 16.7. The largest absolute Gasteiger partial charge is 0.336 e. The van der Waals surface area contributed by atoms with Crippen molar-refractivity contribution in [3.8, 4) is 11.1 Å². The molecule has 4 aromatic rings. The quantitative estimate of drug-likeness (QED) is 0.139. The standard InChI is InChI=1S/C41H45F2N3O/c1-5-31-15-19-33(20-16-31)34-21-17-32(18-22-34)28-45(26-25-44(6-2)7-3)40(47)29-46-36(24-23-35-11-10-13-38(42)41(35)43)27-30(4)37-12-8-9-14-39(37)46/h8-22,27H,4-7,23-26,28-29H2,1-3H3. The molecular weight excluding hydrogens is 588 g/mol. The van der Waals surface area contributed by atoms with Gasteiger partial charge >= 0.3 is 0 Å². The fraction of sp³-hybridized carbons (Fsp3) is 0.293. The number of carbonyl (C=O) groups excluding carboxylic acids is 1. The zero-order chi connectivity index (χ0) is 33.3. The summed E-state index contributed by atoms with van der Waals surface area (Å²) < 4.78 is 28.5. The lowest BCUT2D eigenvalue weighted by atomic mass is 9.96. The van der Waals surface area contributed by atoms with Gasteiger partial charge in [0.2, 0.25) is 5.91 Å². The first-order chi connectivity index (χ1) is 22.8. The van der Waals surface area contributed by atoms with Crippen LogP contribution in [0.2, 0.25) is 0 Å². The Labute approximate surface area is 278 Å². The van der Waals surface area contributed by atoms with Crippen molar-refractivity contribution in [1.82, 2.24) is 9.80 Å². The fourth-order valence-corrected chi connectivity index (χ4v) is 6.18. The molecule has 4 nitrogen and oxygen atoms in total. The molecule has 6 heteroatoms. The van der Waals surface area contributed by atoms with Gasteiger partial charge in [-0.2, -0.15) is 0 Å². The second-order valence-electron chi connectivity index (χ2n) is 12.1. The van der Waals surface area contributed by atoms with Crippen molar-refractivity contribution in [2.24, 2.45) is 0 Å². The summed E-state index contributed by atoms with van der Waals surface area (Å²) in [6.45, 7) is 14.5. The molecule has 0 fully saturated rings. The molecule has 1 aliphatic rings. The number of carbonyl (C=O) groups is 1. The molecule has 1 aliphatic heterocycles. The van der Waals surface area contributed by atoms with Crippen molar-refractivity contribution >= 4 is 17.2 Å². The number of para-hydroxylation sites is 1. The summed E-state index contributed by atoms with van der Waals surface area (Å²) >= 11 is 0. The number of amides is 1. The number of anilines is 1. The summed E-state index contributed by atoms with van der Waals surface area (Å²) in [5, 5.41) is 0. The van der Waals surface area contributed by atoms with Crippen LogP contribution < -0.4 is 4.90 Å². The van der Waals surface area contributed by atoms with E-state index >= 15 is 0 Å². The maximum absolute atomic E-state index is 14.6. The first-order valence-corrected chi connectivity index (χ1v) is 16.7. The molecule has 1 amide bonds. The van der Waals surface area contributed by atoms with Gasteiger partial charge in [0.1, 0.15) is 6.54 Å². The van der Waals surface area contributed by atoms with Crippen molar-refractivity contribution in [2.75, 3.05) is 37.6 Å². The second kappa shape index (κ2) is 15.8. The van der Waals surface area contributed by atoms with Gasteiger partial charge in [-0.05, 0) is 84.0 Å². The van der Waals surface area contributed by atoms with Gasteiger partial charge in [0.05, 0.1) is 0 Å². The predicted molar refractivity (Wildman–Crippen MR) is 190 cm³/mol. The number of aryl methyl sites for hydroxylation is 2. The third-order valence-electron chi connectivity index (χ3n) is 9.16. The van der Waals surface area contributed by atoms with E-state index < -0.39 is 11.6 Å². The van der Waals surface area contributed by atoms with Gasteiger partial charge < -0.3 is 14.7 Å². The number of halogens is 2. The topological polar surface area (TPSA) is 26.8 Å². The lowest BCUT2D eigenvalue weighted by Crippen LogP contribution is -2.44. The molecule has 0 unspecified atom stereocenters. The maximum atomic E-state index is 14.6. The molecule has 0 N–H and O–H groups in total. The van der Waals surface area contributed by atoms with Crippen LogP contribution in [0.1, 0.15) is 49.4 Å². The maximum Gasteiger partial charge on any atom is 0.242 e. The number of likely N-dealkylation sites (N-methyl/N-ethyl adjacent to an activating group) is 1. The number of fused-ring (bicyclic) bond motifs is 1. The molecular formula is C41H45F2N3O. The Kier molecular flexibility index (Phi) is 11.4. The van der Waals surface area contributed by atoms with Crippen LogP contribution in [0.25, 0.3) is 16.7 Å². The minimum Gasteiger partial charge on any atom is -0.336 e. The SMILES string of the molecule is C=C1C=C(CCc2cccc(F)c2F)N(CC(=O)N(CCN(CC)CC)Cc2ccc(-c3ccc(CC)cc3)cc2)c2ccccc21. The van der Waals surface area contributed by atoms with E-state index in [-0.39, 0.29) is 12.5 Å². The number of nitrogens with zero attached hydrogens (tertiary/aromatic N) is 3. The van der Waals surface area contributed by atoms with Crippen LogP contribution in [0.3, 0.4) is 0 Å². The normalized spacial score (nSPS) is 12.7. The number of hydrogen-bond acceptors (Lipinski definition) is 3. The smallest absolute Gasteiger partial charge is 0.242 e. The van der Waals surface area contributed by atoms with E-state index in [1.807, 2.05) is 40.1 Å². The van der Waals surface area contributed by atoms with Crippen LogP contribution in [0.4, 0.5) is 14.5 Å². The minimum atomic E-state index is -0.854. The molecule has 4 aromatic carbocycles. The van der Waals surface area contributed by atoms with Crippen LogP contribution >= 0.6 is 0 Å². The highest BCUT2D eigenvalue weighted by Gasteiger charge is 2.26. The van der Waals surface area contributed by atoms with Gasteiger partial charge in [-0.1, -0.05) is 106 Å². The monoisotopic (exact) mass is 633 g/mol. The Hall–Kier alpha value is -4.55. The van der Waals surface area contributed by atoms with Crippen LogP contribution in [0, 0.1) is 11.6 Å². The van der Waals surface area contributed by atoms with Gasteiger partial charge in [-0.25, -0.2) is 8.78 Å². The zero-order valence-electron chi connectivity index (χ0n) is 27.8. The molecule has 0 saturated heterocycles. The van der Waals surface area contributed by atoms with Crippen molar-refractivity contribution in [1.29, 1.82) is 0 Å². The van der Waals surface area contributed by atoms with Crippen LogP contribution in [0.15, 0.2) is 109 Å². The lowest BCUT2D eigenvalue weighted by Gasteiger charge is -2.35. The fourth-order valence-electron chi connectivity index (χ4n) is 6.18. The van der Waals surface area contributed by atoms with Gasteiger partial charge in [0.15, 0.2) is 11.6 Å². The van der Waals surface area contributed by atoms with Gasteiger partial charge in [-0.3, -0.25) is 4.79 Å². The molecule has 1 heterocycles. The highest BCUT2D eigenvalue weighted by molar-refractivity contribution is 5.90. The molecule has 0 radical (unpaired) electrons. The van der Waals surface area contributed by atoms with E-state index in [0.29, 0.717) is 31.5 Å². The van der Waals surface area contributed by atoms with E-state index in [4.69, 9.17) is 0 Å². The number of allylic oxidation sites excluding steroid dienone is 3. The zero-order valence-corrected chi connectivity index (χ0v) is 27.8. The average Bonchev–Trinajstić information content (AvgIpc) is 3.10. The number of benzene rings is 4. The molecule has 0 aromatic heterocycles. The Balaban J connectivity index is 1.38. The van der Waals surface area contributed by atoms with Gasteiger partial charge in [0.25, 0.3) is 0 Å². The van der Waals surface area contributed by atoms with Gasteiger partial charge in [-0.15, -0.1) is 0 Å². The third-order valence-corrected chi connectivity index (χ3v) is 9.16. The molecule has 47 heavy (non-hydrogen) atoms. The molecule has 5 rings (SSSR count). The Morgan fingerprint density at radius 3 is 2.09 bits per heavy atom. The van der Waals surface area contributed by atoms with Crippen LogP contribution in [-0.4, -0.2) is 48.4 Å². The van der Waals surface area contributed by atoms with E-state index in [9.17, 15) is 13.6 Å². The van der Waals surface area contributed by atoms with E-state index in [1.165, 1.54) is 17.2 Å². The molecule has 0 aliphatic carbocycles. The van der Waals surface area contributed by atoms with Crippen LogP contribution in [-0.2, 0) is 24.2 Å². The summed E-state index contributed by atoms with van der Waals surface area (Å²) in [5.74, 6) is -1.67. The summed E-state index contributed by atoms with van der Waals surface area (Å²) in [6.07, 6.45) is 3.71. The molecule has 244 valence electrons. The Morgan fingerprint density at radius 2 is 1.43 bits per heavy atom. The minimum absolute atomic E-state index is 0.00142. The molecule has 0 spiro atoms. The first kappa shape index (κ1) is 33.8. The summed E-state index contributed by atoms with van der Waals surface area (Å²) in [7, 11) is 0. The lowest BCUT2D eigenvalue weighted by molar-refractivity contribution is -0.130. The third kappa shape index (κ3) is 8.25. The Morgan fingerprint density at radius 1 is 0.766 bits per heavy atom. The van der Waals surface area contributed by atoms with Gasteiger partial charge in [0, 0.05) is 36.6 Å². The van der Waals surface area contributed by atoms with Crippen LogP contribution in [0.5, 0.6) is 0 Å². The molecule has 0 atom stereocenters. The van der Waals surface area contributed by atoms with E-state index in [2.05, 4.69) is 80.8 Å². The number of rotatable bonds is 14. The van der Waals surface area contributed by atoms with E-state index in [1.54, 1.807) is 6.07 Å². The van der Waals surface area contributed by atoms with Crippen molar-refractivity contribution in [2.45, 2.75) is 46.6 Å². The Bertz CT molecular complexity index is 1710. The second-order valence-corrected chi connectivity index (χ2v) is 12.1. The summed E-state index contributed by atoms with van der Waals surface area (Å²) in [5.41, 5.74) is 8.55. The molecule has 0 saturated carbocycles. The number of hydrogen-bond donors (Lipinski definition) is 0. The molecule has 0 bridgehead atoms. The predicted octanol–water partition coefficient (Wildman–Crippen LogP) is 8.91. The average molecular weight is 634 g/mol.